The van der Waals surface area contributed by atoms with Crippen LogP contribution in [0.3, 0.4) is 0 Å². The number of halogens is 3. The summed E-state index contributed by atoms with van der Waals surface area (Å²) in [6.45, 7) is 1.99. The third-order valence-electron chi connectivity index (χ3n) is 1.85. The van der Waals surface area contributed by atoms with Crippen molar-refractivity contribution in [1.82, 2.24) is 0 Å². The molecule has 0 N–H and O–H groups in total. The summed E-state index contributed by atoms with van der Waals surface area (Å²) in [5, 5.41) is 0. The van der Waals surface area contributed by atoms with E-state index >= 15 is 0 Å². The fraction of sp³-hybridized carbons (Fsp3) is 0.364. The van der Waals surface area contributed by atoms with E-state index in [1.165, 1.54) is 11.8 Å². The van der Waals surface area contributed by atoms with Crippen molar-refractivity contribution >= 4 is 41.0 Å². The molecule has 0 radical (unpaired) electrons. The van der Waals surface area contributed by atoms with Gasteiger partial charge >= 0.3 is 0 Å². The summed E-state index contributed by atoms with van der Waals surface area (Å²) in [4.78, 5) is 4.17. The highest BCUT2D eigenvalue weighted by atomic mass is 35.6. The quantitative estimate of drug-likeness (QED) is 0.577. The van der Waals surface area contributed by atoms with Gasteiger partial charge in [0.15, 0.2) is 0 Å². The number of rotatable bonds is 3. The maximum absolute atomic E-state index is 5.56. The minimum atomic E-state index is -1.40. The number of alkyl halides is 3. The maximum Gasteiger partial charge on any atom is 0.225 e. The zero-order valence-corrected chi connectivity index (χ0v) is 10.6. The van der Waals surface area contributed by atoms with E-state index in [0.717, 1.165) is 6.42 Å². The molecule has 1 aromatic carbocycles. The standard InChI is InChI=1S/C11H12Cl3N/c1-9(15-8-11(12,13)14)7-10-5-3-2-4-6-10/h2-6,8-9H,7H2,1H3/b15-8+. The normalized spacial score (nSPS) is 14.4. The van der Waals surface area contributed by atoms with Gasteiger partial charge in [-0.3, -0.25) is 4.99 Å². The monoisotopic (exact) mass is 263 g/mol. The van der Waals surface area contributed by atoms with Gasteiger partial charge in [0.2, 0.25) is 3.79 Å². The van der Waals surface area contributed by atoms with E-state index in [4.69, 9.17) is 34.8 Å². The lowest BCUT2D eigenvalue weighted by Crippen LogP contribution is -2.09. The van der Waals surface area contributed by atoms with Crippen molar-refractivity contribution in [1.29, 1.82) is 0 Å². The minimum Gasteiger partial charge on any atom is -0.290 e. The van der Waals surface area contributed by atoms with Crippen LogP contribution < -0.4 is 0 Å². The second-order valence-corrected chi connectivity index (χ2v) is 5.73. The van der Waals surface area contributed by atoms with Crippen LogP contribution >= 0.6 is 34.8 Å². The summed E-state index contributed by atoms with van der Waals surface area (Å²) < 4.78 is -1.40. The first-order valence-corrected chi connectivity index (χ1v) is 5.76. The van der Waals surface area contributed by atoms with Crippen LogP contribution in [0.4, 0.5) is 0 Å². The first-order valence-electron chi connectivity index (χ1n) is 4.62. The Morgan fingerprint density at radius 2 is 1.87 bits per heavy atom. The number of hydrogen-bond acceptors (Lipinski definition) is 1. The Morgan fingerprint density at radius 1 is 1.27 bits per heavy atom. The molecule has 0 aliphatic rings. The molecule has 1 atom stereocenters. The second kappa shape index (κ2) is 5.74. The molecule has 0 saturated carbocycles. The van der Waals surface area contributed by atoms with E-state index in [9.17, 15) is 0 Å². The van der Waals surface area contributed by atoms with Crippen molar-refractivity contribution in [3.05, 3.63) is 35.9 Å². The van der Waals surface area contributed by atoms with E-state index < -0.39 is 3.79 Å². The molecule has 0 aliphatic heterocycles. The van der Waals surface area contributed by atoms with E-state index in [0.29, 0.717) is 0 Å². The second-order valence-electron chi connectivity index (χ2n) is 3.36. The predicted octanol–water partition coefficient (Wildman–Crippen LogP) is 4.06. The highest BCUT2D eigenvalue weighted by Gasteiger charge is 2.15. The molecule has 1 rings (SSSR count). The van der Waals surface area contributed by atoms with Crippen molar-refractivity contribution < 1.29 is 0 Å². The van der Waals surface area contributed by atoms with Gasteiger partial charge in [-0.25, -0.2) is 0 Å². The molecule has 4 heteroatoms. The van der Waals surface area contributed by atoms with Gasteiger partial charge in [0, 0.05) is 0 Å². The van der Waals surface area contributed by atoms with Crippen molar-refractivity contribution in [3.63, 3.8) is 0 Å². The minimum absolute atomic E-state index is 0.114. The lowest BCUT2D eigenvalue weighted by Gasteiger charge is -2.08. The number of aliphatic imine (C=N–C) groups is 1. The summed E-state index contributed by atoms with van der Waals surface area (Å²) in [6.07, 6.45) is 2.20. The Balaban J connectivity index is 2.50. The predicted molar refractivity (Wildman–Crippen MR) is 68.4 cm³/mol. The Hall–Kier alpha value is -0.240. The Labute approximate surface area is 105 Å². The number of benzene rings is 1. The molecule has 1 aromatic rings. The Kier molecular flexibility index (Phi) is 4.91. The molecule has 0 bridgehead atoms. The van der Waals surface area contributed by atoms with Crippen LogP contribution in [0.1, 0.15) is 12.5 Å². The van der Waals surface area contributed by atoms with Crippen LogP contribution in [0.5, 0.6) is 0 Å². The first kappa shape index (κ1) is 12.8. The van der Waals surface area contributed by atoms with Gasteiger partial charge < -0.3 is 0 Å². The maximum atomic E-state index is 5.56. The van der Waals surface area contributed by atoms with Gasteiger partial charge in [0.1, 0.15) is 0 Å². The summed E-state index contributed by atoms with van der Waals surface area (Å²) in [7, 11) is 0. The van der Waals surface area contributed by atoms with Crippen LogP contribution in [-0.2, 0) is 6.42 Å². The SMILES string of the molecule is CC(Cc1ccccc1)/N=C/C(Cl)(Cl)Cl. The molecule has 15 heavy (non-hydrogen) atoms. The van der Waals surface area contributed by atoms with Crippen molar-refractivity contribution in [3.8, 4) is 0 Å². The average Bonchev–Trinajstić information content (AvgIpc) is 2.15. The topological polar surface area (TPSA) is 12.4 Å². The molecule has 1 nitrogen and oxygen atoms in total. The van der Waals surface area contributed by atoms with Crippen LogP contribution in [0, 0.1) is 0 Å². The molecule has 82 valence electrons. The average molecular weight is 265 g/mol. The highest BCUT2D eigenvalue weighted by molar-refractivity contribution is 6.74. The van der Waals surface area contributed by atoms with Gasteiger partial charge in [-0.15, -0.1) is 0 Å². The van der Waals surface area contributed by atoms with Gasteiger partial charge in [-0.2, -0.15) is 0 Å². The van der Waals surface area contributed by atoms with E-state index in [2.05, 4.69) is 17.1 Å². The van der Waals surface area contributed by atoms with Gasteiger partial charge in [0.05, 0.1) is 12.3 Å². The molecule has 0 heterocycles. The number of nitrogens with zero attached hydrogens (tertiary/aromatic N) is 1. The summed E-state index contributed by atoms with van der Waals surface area (Å²) in [5.41, 5.74) is 1.23. The van der Waals surface area contributed by atoms with Gasteiger partial charge in [-0.1, -0.05) is 65.1 Å². The Bertz CT molecular complexity index is 316. The van der Waals surface area contributed by atoms with Gasteiger partial charge in [0.25, 0.3) is 0 Å². The zero-order chi connectivity index (χ0) is 11.3. The number of hydrogen-bond donors (Lipinski definition) is 0. The molecule has 0 aromatic heterocycles. The molecule has 0 amide bonds. The molecular formula is C11H12Cl3N. The van der Waals surface area contributed by atoms with Crippen molar-refractivity contribution in [2.45, 2.75) is 23.2 Å². The van der Waals surface area contributed by atoms with E-state index in [1.807, 2.05) is 25.1 Å². The van der Waals surface area contributed by atoms with Crippen LogP contribution in [0.25, 0.3) is 0 Å². The third kappa shape index (κ3) is 6.03. The lowest BCUT2D eigenvalue weighted by atomic mass is 10.1. The zero-order valence-electron chi connectivity index (χ0n) is 8.33. The smallest absolute Gasteiger partial charge is 0.225 e. The summed E-state index contributed by atoms with van der Waals surface area (Å²) >= 11 is 16.7. The lowest BCUT2D eigenvalue weighted by molar-refractivity contribution is 0.742. The highest BCUT2D eigenvalue weighted by Crippen LogP contribution is 2.23. The van der Waals surface area contributed by atoms with E-state index in [1.54, 1.807) is 0 Å². The van der Waals surface area contributed by atoms with Gasteiger partial charge in [-0.05, 0) is 18.9 Å². The summed E-state index contributed by atoms with van der Waals surface area (Å²) in [5.74, 6) is 0. The third-order valence-corrected chi connectivity index (χ3v) is 2.14. The Morgan fingerprint density at radius 3 is 2.40 bits per heavy atom. The molecule has 1 unspecified atom stereocenters. The van der Waals surface area contributed by atoms with Crippen LogP contribution in [0.15, 0.2) is 35.3 Å². The fourth-order valence-corrected chi connectivity index (χ4v) is 1.39. The van der Waals surface area contributed by atoms with Crippen molar-refractivity contribution in [2.24, 2.45) is 4.99 Å². The molecule has 0 aliphatic carbocycles. The van der Waals surface area contributed by atoms with Crippen LogP contribution in [0.2, 0.25) is 0 Å². The molecule has 0 spiro atoms. The molecular weight excluding hydrogens is 252 g/mol. The van der Waals surface area contributed by atoms with E-state index in [-0.39, 0.29) is 6.04 Å². The molecule has 0 saturated heterocycles. The fourth-order valence-electron chi connectivity index (χ4n) is 1.22. The van der Waals surface area contributed by atoms with Crippen LogP contribution in [-0.4, -0.2) is 16.0 Å². The summed E-state index contributed by atoms with van der Waals surface area (Å²) in [6, 6.07) is 10.2. The first-order chi connectivity index (χ1) is 6.97. The molecule has 0 fully saturated rings. The van der Waals surface area contributed by atoms with Crippen molar-refractivity contribution in [2.75, 3.05) is 0 Å². The largest absolute Gasteiger partial charge is 0.290 e.